The lowest BCUT2D eigenvalue weighted by molar-refractivity contribution is 0.208. The number of carboxylic acid groups (broad SMARTS) is 1. The highest BCUT2D eigenvalue weighted by atomic mass is 16.5. The standard InChI is InChI=1S/C7H10N2O3/c1-4(2)5-3-6(12-9-5)8-7(10)11/h3-4,8H,1-2H3,(H,10,11). The van der Waals surface area contributed by atoms with Gasteiger partial charge in [0.2, 0.25) is 5.88 Å². The number of aromatic nitrogens is 1. The lowest BCUT2D eigenvalue weighted by atomic mass is 10.1. The van der Waals surface area contributed by atoms with Crippen LogP contribution in [0.1, 0.15) is 25.5 Å². The van der Waals surface area contributed by atoms with Crippen molar-refractivity contribution in [2.75, 3.05) is 5.32 Å². The fourth-order valence-corrected chi connectivity index (χ4v) is 0.725. The summed E-state index contributed by atoms with van der Waals surface area (Å²) in [5, 5.41) is 14.1. The summed E-state index contributed by atoms with van der Waals surface area (Å²) in [5.41, 5.74) is 0.735. The van der Waals surface area contributed by atoms with Crippen molar-refractivity contribution in [3.8, 4) is 0 Å². The van der Waals surface area contributed by atoms with Crippen molar-refractivity contribution in [3.63, 3.8) is 0 Å². The summed E-state index contributed by atoms with van der Waals surface area (Å²) in [7, 11) is 0. The molecule has 0 unspecified atom stereocenters. The second-order valence-corrected chi connectivity index (χ2v) is 2.70. The fourth-order valence-electron chi connectivity index (χ4n) is 0.725. The summed E-state index contributed by atoms with van der Waals surface area (Å²) in [6, 6.07) is 1.57. The molecule has 66 valence electrons. The monoisotopic (exact) mass is 170 g/mol. The molecule has 1 aromatic rings. The molecule has 5 nitrogen and oxygen atoms in total. The summed E-state index contributed by atoms with van der Waals surface area (Å²) < 4.78 is 4.69. The quantitative estimate of drug-likeness (QED) is 0.710. The zero-order chi connectivity index (χ0) is 9.14. The van der Waals surface area contributed by atoms with Gasteiger partial charge in [0.25, 0.3) is 0 Å². The van der Waals surface area contributed by atoms with Gasteiger partial charge >= 0.3 is 6.09 Å². The number of anilines is 1. The molecule has 1 rings (SSSR count). The highest BCUT2D eigenvalue weighted by molar-refractivity contribution is 5.80. The average Bonchev–Trinajstić information content (AvgIpc) is 2.34. The van der Waals surface area contributed by atoms with Crippen molar-refractivity contribution < 1.29 is 14.4 Å². The van der Waals surface area contributed by atoms with Gasteiger partial charge in [-0.15, -0.1) is 0 Å². The molecule has 12 heavy (non-hydrogen) atoms. The number of carbonyl (C=O) groups is 1. The molecule has 0 radical (unpaired) electrons. The van der Waals surface area contributed by atoms with Gasteiger partial charge < -0.3 is 9.63 Å². The Balaban J connectivity index is 2.70. The minimum atomic E-state index is -1.15. The molecule has 0 fully saturated rings. The molecule has 0 saturated carbocycles. The van der Waals surface area contributed by atoms with Crippen LogP contribution in [0.25, 0.3) is 0 Å². The van der Waals surface area contributed by atoms with Crippen LogP contribution in [0.3, 0.4) is 0 Å². The van der Waals surface area contributed by atoms with Gasteiger partial charge in [-0.2, -0.15) is 0 Å². The summed E-state index contributed by atoms with van der Waals surface area (Å²) in [5.74, 6) is 0.393. The number of hydrogen-bond acceptors (Lipinski definition) is 3. The van der Waals surface area contributed by atoms with Crippen LogP contribution < -0.4 is 5.32 Å². The second-order valence-electron chi connectivity index (χ2n) is 2.70. The zero-order valence-corrected chi connectivity index (χ0v) is 6.87. The molecule has 2 N–H and O–H groups in total. The predicted molar refractivity (Wildman–Crippen MR) is 42.2 cm³/mol. The summed E-state index contributed by atoms with van der Waals surface area (Å²) in [6.07, 6.45) is -1.15. The van der Waals surface area contributed by atoms with Crippen molar-refractivity contribution in [1.82, 2.24) is 5.16 Å². The van der Waals surface area contributed by atoms with E-state index < -0.39 is 6.09 Å². The third-order valence-corrected chi connectivity index (χ3v) is 1.35. The minimum Gasteiger partial charge on any atom is -0.465 e. The van der Waals surface area contributed by atoms with E-state index >= 15 is 0 Å². The fraction of sp³-hybridized carbons (Fsp3) is 0.429. The maximum Gasteiger partial charge on any atom is 0.411 e. The van der Waals surface area contributed by atoms with Gasteiger partial charge in [0.1, 0.15) is 0 Å². The van der Waals surface area contributed by atoms with Gasteiger partial charge in [-0.1, -0.05) is 19.0 Å². The molecule has 0 aromatic carbocycles. The summed E-state index contributed by atoms with van der Waals surface area (Å²) in [4.78, 5) is 10.1. The maximum atomic E-state index is 10.1. The summed E-state index contributed by atoms with van der Waals surface area (Å²) in [6.45, 7) is 3.89. The summed E-state index contributed by atoms with van der Waals surface area (Å²) >= 11 is 0. The third-order valence-electron chi connectivity index (χ3n) is 1.35. The number of rotatable bonds is 2. The first-order valence-corrected chi connectivity index (χ1v) is 3.56. The average molecular weight is 170 g/mol. The van der Waals surface area contributed by atoms with E-state index in [1.807, 2.05) is 13.8 Å². The van der Waals surface area contributed by atoms with E-state index in [1.165, 1.54) is 0 Å². The van der Waals surface area contributed by atoms with E-state index in [9.17, 15) is 4.79 Å². The molecule has 0 bridgehead atoms. The molecule has 0 atom stereocenters. The molecule has 1 aromatic heterocycles. The highest BCUT2D eigenvalue weighted by Crippen LogP contribution is 2.16. The van der Waals surface area contributed by atoms with Crippen molar-refractivity contribution in [2.45, 2.75) is 19.8 Å². The van der Waals surface area contributed by atoms with Crippen molar-refractivity contribution in [1.29, 1.82) is 0 Å². The normalized spacial score (nSPS) is 10.2. The van der Waals surface area contributed by atoms with Crippen molar-refractivity contribution >= 4 is 12.0 Å². The molecule has 5 heteroatoms. The molecular weight excluding hydrogens is 160 g/mol. The predicted octanol–water partition coefficient (Wildman–Crippen LogP) is 1.89. The van der Waals surface area contributed by atoms with E-state index in [1.54, 1.807) is 6.07 Å². The van der Waals surface area contributed by atoms with Crippen molar-refractivity contribution in [3.05, 3.63) is 11.8 Å². The topological polar surface area (TPSA) is 75.4 Å². The molecule has 0 aliphatic carbocycles. The minimum absolute atomic E-state index is 0.159. The van der Waals surface area contributed by atoms with Gasteiger partial charge in [-0.05, 0) is 5.92 Å². The van der Waals surface area contributed by atoms with Crippen LogP contribution in [0, 0.1) is 0 Å². The second kappa shape index (κ2) is 3.25. The van der Waals surface area contributed by atoms with Crippen LogP contribution in [-0.2, 0) is 0 Å². The van der Waals surface area contributed by atoms with E-state index in [2.05, 4.69) is 10.5 Å². The number of hydrogen-bond donors (Lipinski definition) is 2. The highest BCUT2D eigenvalue weighted by Gasteiger charge is 2.08. The van der Waals surface area contributed by atoms with Gasteiger partial charge in [0.15, 0.2) is 0 Å². The van der Waals surface area contributed by atoms with Crippen LogP contribution in [-0.4, -0.2) is 16.4 Å². The zero-order valence-electron chi connectivity index (χ0n) is 6.87. The van der Waals surface area contributed by atoms with E-state index in [4.69, 9.17) is 9.63 Å². The molecule has 1 amide bonds. The molecule has 1 heterocycles. The van der Waals surface area contributed by atoms with E-state index in [0.717, 1.165) is 5.69 Å². The lowest BCUT2D eigenvalue weighted by Gasteiger charge is -1.93. The number of nitrogens with one attached hydrogen (secondary N) is 1. The lowest BCUT2D eigenvalue weighted by Crippen LogP contribution is -2.05. The van der Waals surface area contributed by atoms with Crippen molar-refractivity contribution in [2.24, 2.45) is 0 Å². The Labute approximate surface area is 69.4 Å². The van der Waals surface area contributed by atoms with E-state index in [-0.39, 0.29) is 11.8 Å². The Morgan fingerprint density at radius 2 is 2.42 bits per heavy atom. The third kappa shape index (κ3) is 1.98. The first-order chi connectivity index (χ1) is 5.59. The molecular formula is C7H10N2O3. The first kappa shape index (κ1) is 8.58. The first-order valence-electron chi connectivity index (χ1n) is 3.56. The maximum absolute atomic E-state index is 10.1. The van der Waals surface area contributed by atoms with Gasteiger partial charge in [-0.3, -0.25) is 5.32 Å². The van der Waals surface area contributed by atoms with Crippen LogP contribution >= 0.6 is 0 Å². The van der Waals surface area contributed by atoms with Crippen LogP contribution in [0.4, 0.5) is 10.7 Å². The Kier molecular flexibility index (Phi) is 2.32. The van der Waals surface area contributed by atoms with Gasteiger partial charge in [0, 0.05) is 6.07 Å². The SMILES string of the molecule is CC(C)c1cc(NC(=O)O)on1. The largest absolute Gasteiger partial charge is 0.465 e. The Morgan fingerprint density at radius 1 is 1.75 bits per heavy atom. The molecule has 0 aliphatic heterocycles. The Hall–Kier alpha value is -1.52. The smallest absolute Gasteiger partial charge is 0.411 e. The number of amides is 1. The van der Waals surface area contributed by atoms with Crippen LogP contribution in [0.5, 0.6) is 0 Å². The van der Waals surface area contributed by atoms with Gasteiger partial charge in [0.05, 0.1) is 5.69 Å². The molecule has 0 spiro atoms. The molecule has 0 aliphatic rings. The van der Waals surface area contributed by atoms with E-state index in [0.29, 0.717) is 0 Å². The van der Waals surface area contributed by atoms with Crippen LogP contribution in [0.2, 0.25) is 0 Å². The van der Waals surface area contributed by atoms with Gasteiger partial charge in [-0.25, -0.2) is 4.79 Å². The number of nitrogens with zero attached hydrogens (tertiary/aromatic N) is 1. The molecule has 0 saturated heterocycles. The Morgan fingerprint density at radius 3 is 2.83 bits per heavy atom. The Bertz CT molecular complexity index is 280. The van der Waals surface area contributed by atoms with Crippen LogP contribution in [0.15, 0.2) is 10.6 Å².